The molecule has 2 aromatic rings. The van der Waals surface area contributed by atoms with E-state index in [4.69, 9.17) is 4.74 Å². The van der Waals surface area contributed by atoms with Crippen LogP contribution in [0.3, 0.4) is 0 Å². The summed E-state index contributed by atoms with van der Waals surface area (Å²) in [5.41, 5.74) is 2.19. The number of methoxy groups -OCH3 is 1. The number of rotatable bonds is 9. The molecule has 0 unspecified atom stereocenters. The van der Waals surface area contributed by atoms with Gasteiger partial charge in [-0.25, -0.2) is 0 Å². The molecule has 2 aliphatic rings. The first-order chi connectivity index (χ1) is 16.1. The Morgan fingerprint density at radius 2 is 1.58 bits per heavy atom. The molecule has 1 saturated heterocycles. The van der Waals surface area contributed by atoms with Gasteiger partial charge in [-0.3, -0.25) is 24.2 Å². The van der Waals surface area contributed by atoms with Crippen molar-refractivity contribution in [1.82, 2.24) is 14.7 Å². The molecule has 0 saturated carbocycles. The van der Waals surface area contributed by atoms with Gasteiger partial charge in [0, 0.05) is 45.7 Å². The summed E-state index contributed by atoms with van der Waals surface area (Å²) in [5.74, 6) is 0.637. The van der Waals surface area contributed by atoms with E-state index in [2.05, 4.69) is 17.0 Å². The number of nitrogens with zero attached hydrogens (tertiary/aromatic N) is 3. The van der Waals surface area contributed by atoms with Crippen molar-refractivity contribution in [3.63, 3.8) is 0 Å². The topological polar surface area (TPSA) is 70.2 Å². The van der Waals surface area contributed by atoms with Crippen LogP contribution in [0.1, 0.15) is 52.0 Å². The van der Waals surface area contributed by atoms with Gasteiger partial charge in [0.25, 0.3) is 11.8 Å². The molecule has 2 aromatic carbocycles. The number of hydrogen-bond acceptors (Lipinski definition) is 5. The molecule has 0 bridgehead atoms. The van der Waals surface area contributed by atoms with Gasteiger partial charge in [-0.15, -0.1) is 0 Å². The van der Waals surface area contributed by atoms with Crippen LogP contribution in [-0.2, 0) is 11.3 Å². The fourth-order valence-corrected chi connectivity index (χ4v) is 4.51. The molecule has 0 spiro atoms. The summed E-state index contributed by atoms with van der Waals surface area (Å²) in [7, 11) is 1.67. The smallest absolute Gasteiger partial charge is 0.261 e. The second-order valence-corrected chi connectivity index (χ2v) is 8.63. The first kappa shape index (κ1) is 23.0. The maximum atomic E-state index is 12.6. The molecule has 0 N–H and O–H groups in total. The number of imide groups is 1. The Labute approximate surface area is 194 Å². The molecule has 0 aliphatic carbocycles. The van der Waals surface area contributed by atoms with Crippen LogP contribution >= 0.6 is 0 Å². The lowest BCUT2D eigenvalue weighted by atomic mass is 10.1. The van der Waals surface area contributed by atoms with E-state index < -0.39 is 0 Å². The van der Waals surface area contributed by atoms with Crippen LogP contribution in [0.2, 0.25) is 0 Å². The Morgan fingerprint density at radius 1 is 0.879 bits per heavy atom. The molecule has 3 amide bonds. The molecule has 7 heteroatoms. The van der Waals surface area contributed by atoms with Gasteiger partial charge in [0.15, 0.2) is 0 Å². The predicted molar refractivity (Wildman–Crippen MR) is 125 cm³/mol. The van der Waals surface area contributed by atoms with Crippen molar-refractivity contribution in [2.24, 2.45) is 0 Å². The Kier molecular flexibility index (Phi) is 7.40. The van der Waals surface area contributed by atoms with E-state index in [1.54, 1.807) is 31.4 Å². The molecule has 0 atom stereocenters. The standard InChI is InChI=1S/C26H31N3O4/c1-33-21-9-7-8-20(18-21)19-27-14-16-28(17-15-27)24(30)12-3-2-6-13-29-25(31)22-10-4-5-11-23(22)26(29)32/h4-5,7-11,18H,2-3,6,12-17,19H2,1H3. The van der Waals surface area contributed by atoms with E-state index in [-0.39, 0.29) is 17.7 Å². The highest BCUT2D eigenvalue weighted by Gasteiger charge is 2.34. The first-order valence-corrected chi connectivity index (χ1v) is 11.6. The average molecular weight is 450 g/mol. The van der Waals surface area contributed by atoms with E-state index in [1.165, 1.54) is 10.5 Å². The number of benzene rings is 2. The van der Waals surface area contributed by atoms with Crippen LogP contribution in [0.25, 0.3) is 0 Å². The molecule has 7 nitrogen and oxygen atoms in total. The fourth-order valence-electron chi connectivity index (χ4n) is 4.51. The van der Waals surface area contributed by atoms with E-state index in [0.717, 1.165) is 51.3 Å². The predicted octanol–water partition coefficient (Wildman–Crippen LogP) is 3.20. The third-order valence-corrected chi connectivity index (χ3v) is 6.42. The SMILES string of the molecule is COc1cccc(CN2CCN(C(=O)CCCCCN3C(=O)c4ccccc4C3=O)CC2)c1. The van der Waals surface area contributed by atoms with Crippen molar-refractivity contribution in [1.29, 1.82) is 0 Å². The third-order valence-electron chi connectivity index (χ3n) is 6.42. The fraction of sp³-hybridized carbons (Fsp3) is 0.423. The van der Waals surface area contributed by atoms with Crippen LogP contribution in [-0.4, -0.2) is 72.3 Å². The van der Waals surface area contributed by atoms with Gasteiger partial charge in [0.1, 0.15) is 5.75 Å². The van der Waals surface area contributed by atoms with Crippen LogP contribution in [0.15, 0.2) is 48.5 Å². The maximum absolute atomic E-state index is 12.6. The van der Waals surface area contributed by atoms with Gasteiger partial charge in [0.05, 0.1) is 18.2 Å². The number of ether oxygens (including phenoxy) is 1. The monoisotopic (exact) mass is 449 g/mol. The van der Waals surface area contributed by atoms with E-state index in [9.17, 15) is 14.4 Å². The number of unbranched alkanes of at least 4 members (excludes halogenated alkanes) is 2. The highest BCUT2D eigenvalue weighted by molar-refractivity contribution is 6.21. The minimum atomic E-state index is -0.210. The lowest BCUT2D eigenvalue weighted by Crippen LogP contribution is -2.48. The van der Waals surface area contributed by atoms with Crippen LogP contribution in [0.4, 0.5) is 0 Å². The first-order valence-electron chi connectivity index (χ1n) is 11.6. The zero-order chi connectivity index (χ0) is 23.2. The Balaban J connectivity index is 1.13. The quantitative estimate of drug-likeness (QED) is 0.434. The summed E-state index contributed by atoms with van der Waals surface area (Å²) in [4.78, 5) is 43.0. The van der Waals surface area contributed by atoms with Gasteiger partial charge < -0.3 is 9.64 Å². The van der Waals surface area contributed by atoms with Gasteiger partial charge in [0.2, 0.25) is 5.91 Å². The molecule has 174 valence electrons. The number of fused-ring (bicyclic) bond motifs is 1. The third kappa shape index (κ3) is 5.42. The lowest BCUT2D eigenvalue weighted by Gasteiger charge is -2.35. The second-order valence-electron chi connectivity index (χ2n) is 8.63. The molecular formula is C26H31N3O4. The minimum Gasteiger partial charge on any atom is -0.497 e. The molecule has 4 rings (SSSR count). The van der Waals surface area contributed by atoms with Gasteiger partial charge in [-0.2, -0.15) is 0 Å². The van der Waals surface area contributed by atoms with Crippen LogP contribution < -0.4 is 4.74 Å². The zero-order valence-electron chi connectivity index (χ0n) is 19.2. The summed E-state index contributed by atoms with van der Waals surface area (Å²) in [6.45, 7) is 4.49. The van der Waals surface area contributed by atoms with Crippen molar-refractivity contribution in [2.45, 2.75) is 32.2 Å². The van der Waals surface area contributed by atoms with Gasteiger partial charge in [-0.1, -0.05) is 30.7 Å². The molecule has 0 aromatic heterocycles. The molecular weight excluding hydrogens is 418 g/mol. The summed E-state index contributed by atoms with van der Waals surface area (Å²) in [5, 5.41) is 0. The number of carbonyl (C=O) groups is 3. The van der Waals surface area contributed by atoms with Crippen molar-refractivity contribution in [2.75, 3.05) is 39.8 Å². The van der Waals surface area contributed by atoms with Gasteiger partial charge >= 0.3 is 0 Å². The van der Waals surface area contributed by atoms with Crippen molar-refractivity contribution < 1.29 is 19.1 Å². The zero-order valence-corrected chi connectivity index (χ0v) is 19.2. The normalized spacial score (nSPS) is 16.3. The van der Waals surface area contributed by atoms with E-state index in [1.807, 2.05) is 17.0 Å². The Morgan fingerprint density at radius 3 is 2.24 bits per heavy atom. The highest BCUT2D eigenvalue weighted by Crippen LogP contribution is 2.23. The number of hydrogen-bond donors (Lipinski definition) is 0. The molecule has 1 fully saturated rings. The molecule has 33 heavy (non-hydrogen) atoms. The Bertz CT molecular complexity index is 979. The van der Waals surface area contributed by atoms with E-state index in [0.29, 0.717) is 30.5 Å². The van der Waals surface area contributed by atoms with Gasteiger partial charge in [-0.05, 0) is 42.7 Å². The average Bonchev–Trinajstić information content (AvgIpc) is 3.09. The largest absolute Gasteiger partial charge is 0.497 e. The molecule has 0 radical (unpaired) electrons. The van der Waals surface area contributed by atoms with Crippen LogP contribution in [0.5, 0.6) is 5.75 Å². The number of amides is 3. The maximum Gasteiger partial charge on any atom is 0.261 e. The lowest BCUT2D eigenvalue weighted by molar-refractivity contribution is -0.133. The molecule has 2 aliphatic heterocycles. The number of carbonyl (C=O) groups excluding carboxylic acids is 3. The minimum absolute atomic E-state index is 0.191. The summed E-state index contributed by atoms with van der Waals surface area (Å²) in [6.07, 6.45) is 2.81. The highest BCUT2D eigenvalue weighted by atomic mass is 16.5. The summed E-state index contributed by atoms with van der Waals surface area (Å²) < 4.78 is 5.29. The summed E-state index contributed by atoms with van der Waals surface area (Å²) in [6, 6.07) is 15.1. The molecule has 2 heterocycles. The van der Waals surface area contributed by atoms with Crippen molar-refractivity contribution in [3.05, 3.63) is 65.2 Å². The van der Waals surface area contributed by atoms with Crippen LogP contribution in [0, 0.1) is 0 Å². The Hall–Kier alpha value is -3.19. The van der Waals surface area contributed by atoms with Crippen molar-refractivity contribution >= 4 is 17.7 Å². The van der Waals surface area contributed by atoms with E-state index >= 15 is 0 Å². The number of piperazine rings is 1. The van der Waals surface area contributed by atoms with Crippen molar-refractivity contribution in [3.8, 4) is 5.75 Å². The summed E-state index contributed by atoms with van der Waals surface area (Å²) >= 11 is 0. The second kappa shape index (κ2) is 10.6.